The van der Waals surface area contributed by atoms with Crippen LogP contribution in [0.1, 0.15) is 5.56 Å². The van der Waals surface area contributed by atoms with E-state index in [1.165, 1.54) is 13.2 Å². The molecule has 0 atom stereocenters. The van der Waals surface area contributed by atoms with Crippen LogP contribution >= 0.6 is 15.9 Å². The summed E-state index contributed by atoms with van der Waals surface area (Å²) in [4.78, 5) is 0. The predicted octanol–water partition coefficient (Wildman–Crippen LogP) is 4.23. The Bertz CT molecular complexity index is 617. The quantitative estimate of drug-likeness (QED) is 0.830. The molecule has 0 fully saturated rings. The van der Waals surface area contributed by atoms with Gasteiger partial charge in [-0.2, -0.15) is 0 Å². The van der Waals surface area contributed by atoms with Crippen molar-refractivity contribution < 1.29 is 9.13 Å². The molecule has 100 valence electrons. The van der Waals surface area contributed by atoms with E-state index in [1.54, 1.807) is 6.07 Å². The van der Waals surface area contributed by atoms with Crippen molar-refractivity contribution in [2.24, 2.45) is 0 Å². The van der Waals surface area contributed by atoms with E-state index in [0.717, 1.165) is 15.7 Å². The van der Waals surface area contributed by atoms with Gasteiger partial charge in [-0.05, 0) is 24.6 Å². The van der Waals surface area contributed by atoms with Gasteiger partial charge < -0.3 is 15.8 Å². The smallest absolute Gasteiger partial charge is 0.148 e. The topological polar surface area (TPSA) is 47.3 Å². The summed E-state index contributed by atoms with van der Waals surface area (Å²) in [6.45, 7) is 1.94. The van der Waals surface area contributed by atoms with E-state index in [4.69, 9.17) is 10.5 Å². The van der Waals surface area contributed by atoms with Gasteiger partial charge in [0.15, 0.2) is 0 Å². The zero-order valence-electron chi connectivity index (χ0n) is 10.6. The third-order valence-corrected chi connectivity index (χ3v) is 3.72. The maximum absolute atomic E-state index is 13.9. The first-order chi connectivity index (χ1) is 9.02. The fourth-order valence-corrected chi connectivity index (χ4v) is 2.10. The van der Waals surface area contributed by atoms with E-state index < -0.39 is 5.82 Å². The molecule has 3 N–H and O–H groups in total. The van der Waals surface area contributed by atoms with Gasteiger partial charge in [-0.1, -0.05) is 22.0 Å². The number of nitrogen functional groups attached to an aromatic ring is 1. The van der Waals surface area contributed by atoms with Gasteiger partial charge >= 0.3 is 0 Å². The van der Waals surface area contributed by atoms with Gasteiger partial charge in [0, 0.05) is 22.3 Å². The minimum Gasteiger partial charge on any atom is -0.495 e. The zero-order valence-corrected chi connectivity index (χ0v) is 12.2. The summed E-state index contributed by atoms with van der Waals surface area (Å²) in [6, 6.07) is 8.48. The molecule has 0 bridgehead atoms. The second kappa shape index (κ2) is 5.48. The maximum atomic E-state index is 13.9. The highest BCUT2D eigenvalue weighted by atomic mass is 79.9. The number of halogens is 2. The zero-order chi connectivity index (χ0) is 14.0. The Labute approximate surface area is 119 Å². The molecule has 0 aliphatic heterocycles. The van der Waals surface area contributed by atoms with Crippen molar-refractivity contribution in [2.75, 3.05) is 18.2 Å². The minimum absolute atomic E-state index is 0.275. The lowest BCUT2D eigenvalue weighted by Gasteiger charge is -2.13. The van der Waals surface area contributed by atoms with Crippen molar-refractivity contribution in [1.29, 1.82) is 0 Å². The Hall–Kier alpha value is -1.75. The highest BCUT2D eigenvalue weighted by Crippen LogP contribution is 2.32. The lowest BCUT2D eigenvalue weighted by Crippen LogP contribution is -2.00. The van der Waals surface area contributed by atoms with E-state index in [9.17, 15) is 4.39 Å². The van der Waals surface area contributed by atoms with E-state index in [1.807, 2.05) is 25.1 Å². The van der Waals surface area contributed by atoms with Crippen LogP contribution < -0.4 is 15.8 Å². The maximum Gasteiger partial charge on any atom is 0.148 e. The van der Waals surface area contributed by atoms with Crippen LogP contribution in [-0.4, -0.2) is 7.11 Å². The Morgan fingerprint density at radius 1 is 1.26 bits per heavy atom. The van der Waals surface area contributed by atoms with Crippen molar-refractivity contribution >= 4 is 33.0 Å². The lowest BCUT2D eigenvalue weighted by atomic mass is 10.2. The number of benzene rings is 2. The fourth-order valence-electron chi connectivity index (χ4n) is 1.73. The van der Waals surface area contributed by atoms with Gasteiger partial charge in [0.2, 0.25) is 0 Å². The van der Waals surface area contributed by atoms with Crippen LogP contribution in [0.4, 0.5) is 21.5 Å². The number of nitrogens with two attached hydrogens (primary N) is 1. The number of anilines is 3. The Morgan fingerprint density at radius 2 is 2.00 bits per heavy atom. The molecule has 0 spiro atoms. The van der Waals surface area contributed by atoms with Crippen LogP contribution in [0, 0.1) is 12.7 Å². The van der Waals surface area contributed by atoms with Crippen LogP contribution in [0.3, 0.4) is 0 Å². The highest BCUT2D eigenvalue weighted by molar-refractivity contribution is 9.10. The Kier molecular flexibility index (Phi) is 3.95. The summed E-state index contributed by atoms with van der Waals surface area (Å²) in [7, 11) is 1.50. The van der Waals surface area contributed by atoms with E-state index in [-0.39, 0.29) is 5.69 Å². The molecule has 0 aliphatic rings. The molecule has 0 aliphatic carbocycles. The van der Waals surface area contributed by atoms with Crippen LogP contribution in [0.5, 0.6) is 5.75 Å². The summed E-state index contributed by atoms with van der Waals surface area (Å²) in [5, 5.41) is 3.04. The van der Waals surface area contributed by atoms with E-state index in [0.29, 0.717) is 11.4 Å². The second-order valence-electron chi connectivity index (χ2n) is 4.11. The average Bonchev–Trinajstić information content (AvgIpc) is 2.38. The van der Waals surface area contributed by atoms with Crippen molar-refractivity contribution in [3.63, 3.8) is 0 Å². The van der Waals surface area contributed by atoms with Crippen LogP contribution in [0.15, 0.2) is 34.8 Å². The number of ether oxygens (including phenoxy) is 1. The molecule has 0 heterocycles. The molecule has 0 unspecified atom stereocenters. The van der Waals surface area contributed by atoms with Crippen molar-refractivity contribution in [1.82, 2.24) is 0 Å². The number of rotatable bonds is 3. The normalized spacial score (nSPS) is 10.3. The molecule has 0 radical (unpaired) electrons. The van der Waals surface area contributed by atoms with E-state index >= 15 is 0 Å². The summed E-state index contributed by atoms with van der Waals surface area (Å²) < 4.78 is 19.9. The third-order valence-electron chi connectivity index (χ3n) is 2.86. The number of hydrogen-bond acceptors (Lipinski definition) is 3. The minimum atomic E-state index is -0.419. The van der Waals surface area contributed by atoms with Crippen LogP contribution in [0.25, 0.3) is 0 Å². The molecular weight excluding hydrogens is 311 g/mol. The van der Waals surface area contributed by atoms with Crippen LogP contribution in [-0.2, 0) is 0 Å². The van der Waals surface area contributed by atoms with Gasteiger partial charge in [-0.3, -0.25) is 0 Å². The van der Waals surface area contributed by atoms with Gasteiger partial charge in [0.25, 0.3) is 0 Å². The molecular formula is C14H14BrFN2O. The Balaban J connectivity index is 2.41. The monoisotopic (exact) mass is 324 g/mol. The number of methoxy groups -OCH3 is 1. The predicted molar refractivity (Wildman–Crippen MR) is 79.5 cm³/mol. The van der Waals surface area contributed by atoms with E-state index in [2.05, 4.69) is 21.2 Å². The summed E-state index contributed by atoms with van der Waals surface area (Å²) in [5.41, 5.74) is 8.07. The van der Waals surface area contributed by atoms with Crippen molar-refractivity contribution in [3.8, 4) is 5.75 Å². The fraction of sp³-hybridized carbons (Fsp3) is 0.143. The first kappa shape index (κ1) is 13.7. The first-order valence-corrected chi connectivity index (χ1v) is 6.47. The van der Waals surface area contributed by atoms with Gasteiger partial charge in [0.1, 0.15) is 11.6 Å². The van der Waals surface area contributed by atoms with Crippen LogP contribution in [0.2, 0.25) is 0 Å². The summed E-state index contributed by atoms with van der Waals surface area (Å²) >= 11 is 3.44. The van der Waals surface area contributed by atoms with Gasteiger partial charge in [-0.15, -0.1) is 0 Å². The summed E-state index contributed by atoms with van der Waals surface area (Å²) in [6.07, 6.45) is 0. The molecule has 0 amide bonds. The molecule has 0 saturated heterocycles. The van der Waals surface area contributed by atoms with Crippen molar-refractivity contribution in [2.45, 2.75) is 6.92 Å². The average molecular weight is 325 g/mol. The molecule has 0 saturated carbocycles. The van der Waals surface area contributed by atoms with Gasteiger partial charge in [-0.25, -0.2) is 4.39 Å². The number of nitrogens with one attached hydrogen (secondary N) is 1. The lowest BCUT2D eigenvalue weighted by molar-refractivity contribution is 0.416. The largest absolute Gasteiger partial charge is 0.495 e. The second-order valence-corrected chi connectivity index (χ2v) is 4.97. The molecule has 2 aromatic rings. The standard InChI is InChI=1S/C14H14BrFN2O/c1-8-9(15)4-3-5-12(8)18-13-7-14(19-2)11(17)6-10(13)16/h3-7,18H,17H2,1-2H3. The number of hydrogen-bond donors (Lipinski definition) is 2. The Morgan fingerprint density at radius 3 is 2.68 bits per heavy atom. The molecule has 5 heteroatoms. The molecule has 2 rings (SSSR count). The highest BCUT2D eigenvalue weighted by Gasteiger charge is 2.10. The van der Waals surface area contributed by atoms with Gasteiger partial charge in [0.05, 0.1) is 18.5 Å². The summed E-state index contributed by atoms with van der Waals surface area (Å²) in [5.74, 6) is 0.0224. The molecule has 2 aromatic carbocycles. The SMILES string of the molecule is COc1cc(Nc2cccc(Br)c2C)c(F)cc1N. The first-order valence-electron chi connectivity index (χ1n) is 5.68. The molecule has 0 aromatic heterocycles. The molecule has 3 nitrogen and oxygen atoms in total. The van der Waals surface area contributed by atoms with Crippen molar-refractivity contribution in [3.05, 3.63) is 46.2 Å². The third kappa shape index (κ3) is 2.81. The molecule has 19 heavy (non-hydrogen) atoms.